The van der Waals surface area contributed by atoms with Gasteiger partial charge in [0.2, 0.25) is 0 Å². The number of rotatable bonds is 0. The average molecular weight is 268 g/mol. The fourth-order valence-corrected chi connectivity index (χ4v) is 1.15. The lowest BCUT2D eigenvalue weighted by atomic mass is 10.4. The van der Waals surface area contributed by atoms with Crippen LogP contribution in [0.3, 0.4) is 0 Å². The summed E-state index contributed by atoms with van der Waals surface area (Å²) in [4.78, 5) is 0. The van der Waals surface area contributed by atoms with Gasteiger partial charge in [-0.1, -0.05) is 109 Å². The van der Waals surface area contributed by atoms with Gasteiger partial charge in [-0.05, 0) is 0 Å². The van der Waals surface area contributed by atoms with E-state index in [9.17, 15) is 0 Å². The lowest BCUT2D eigenvalue weighted by Crippen LogP contribution is -1.47. The van der Waals surface area contributed by atoms with Crippen LogP contribution in [-0.4, -0.2) is 0 Å². The molecule has 0 aliphatic carbocycles. The second-order valence-corrected chi connectivity index (χ2v) is 3.46. The van der Waals surface area contributed by atoms with Crippen molar-refractivity contribution >= 4 is 9.90 Å². The van der Waals surface area contributed by atoms with Gasteiger partial charge >= 0.3 is 0 Å². The Kier molecular flexibility index (Phi) is 12.7. The number of benzene rings is 3. The Labute approximate surface area is 119 Å². The van der Waals surface area contributed by atoms with Gasteiger partial charge < -0.3 is 0 Å². The zero-order valence-electron chi connectivity index (χ0n) is 11.1. The average Bonchev–Trinajstić information content (AvgIpc) is 2.54. The molecule has 3 rings (SSSR count). The third-order valence-corrected chi connectivity index (χ3v) is 2.00. The Balaban J connectivity index is 0.000000249. The summed E-state index contributed by atoms with van der Waals surface area (Å²) in [6.45, 7) is 0. The molecule has 0 aromatic heterocycles. The topological polar surface area (TPSA) is 0 Å². The van der Waals surface area contributed by atoms with Crippen molar-refractivity contribution in [3.63, 3.8) is 0 Å². The molecule has 0 N–H and O–H groups in total. The highest BCUT2D eigenvalue weighted by Crippen LogP contribution is 1.81. The molecule has 3 aromatic rings. The molecule has 1 unspecified atom stereocenters. The predicted octanol–water partition coefficient (Wildman–Crippen LogP) is 5.12. The largest absolute Gasteiger partial charge is 0.153 e. The van der Waals surface area contributed by atoms with Crippen molar-refractivity contribution in [2.75, 3.05) is 0 Å². The van der Waals surface area contributed by atoms with E-state index >= 15 is 0 Å². The Bertz CT molecular complexity index is 296. The molecule has 0 aliphatic heterocycles. The van der Waals surface area contributed by atoms with Crippen LogP contribution in [0.4, 0.5) is 0 Å². The summed E-state index contributed by atoms with van der Waals surface area (Å²) in [5.74, 6) is 0. The molecule has 1 atom stereocenters. The van der Waals surface area contributed by atoms with Crippen LogP contribution in [0.2, 0.25) is 0 Å². The summed E-state index contributed by atoms with van der Waals surface area (Å²) in [6.07, 6.45) is 0. The van der Waals surface area contributed by atoms with Crippen molar-refractivity contribution in [3.05, 3.63) is 109 Å². The third-order valence-electron chi connectivity index (χ3n) is 2.00. The van der Waals surface area contributed by atoms with Gasteiger partial charge in [0.15, 0.2) is 0 Å². The van der Waals surface area contributed by atoms with E-state index in [2.05, 4.69) is 0 Å². The van der Waals surface area contributed by atoms with Gasteiger partial charge in [0.05, 0.1) is 0 Å². The van der Waals surface area contributed by atoms with Crippen molar-refractivity contribution in [2.45, 2.75) is 0 Å². The van der Waals surface area contributed by atoms with Gasteiger partial charge in [0, 0.05) is 0 Å². The molecule has 0 bridgehead atoms. The van der Waals surface area contributed by atoms with E-state index in [0.29, 0.717) is 0 Å². The molecule has 0 spiro atoms. The molecule has 0 saturated heterocycles. The quantitative estimate of drug-likeness (QED) is 0.496. The summed E-state index contributed by atoms with van der Waals surface area (Å²) < 4.78 is 0. The van der Waals surface area contributed by atoms with Crippen LogP contribution in [0, 0.1) is 0 Å². The highest BCUT2D eigenvalue weighted by molar-refractivity contribution is 6.92. The molecule has 0 amide bonds. The number of hydrogen-bond donors (Lipinski definition) is 0. The molecular formula is C18H21P. The van der Waals surface area contributed by atoms with Gasteiger partial charge in [-0.15, -0.1) is 0 Å². The maximum absolute atomic E-state index is 2.00. The van der Waals surface area contributed by atoms with Crippen LogP contribution >= 0.6 is 9.90 Å². The van der Waals surface area contributed by atoms with E-state index in [0.717, 1.165) is 0 Å². The minimum Gasteiger partial charge on any atom is -0.153 e. The third kappa shape index (κ3) is 12.3. The van der Waals surface area contributed by atoms with Crippen LogP contribution < -0.4 is 0 Å². The van der Waals surface area contributed by atoms with Gasteiger partial charge in [-0.2, -0.15) is 9.90 Å². The van der Waals surface area contributed by atoms with E-state index in [1.807, 2.05) is 109 Å². The molecule has 0 radical (unpaired) electrons. The Hall–Kier alpha value is -1.91. The standard InChI is InChI=1S/3C6H6.H3P/c3*1-2-4-6-5-3-1;/h3*1-6H;1H3. The molecule has 0 fully saturated rings. The van der Waals surface area contributed by atoms with E-state index in [1.54, 1.807) is 0 Å². The van der Waals surface area contributed by atoms with Crippen molar-refractivity contribution in [2.24, 2.45) is 0 Å². The fourth-order valence-electron chi connectivity index (χ4n) is 1.15. The van der Waals surface area contributed by atoms with E-state index < -0.39 is 0 Å². The van der Waals surface area contributed by atoms with Gasteiger partial charge in [-0.25, -0.2) is 0 Å². The number of hydrogen-bond acceptors (Lipinski definition) is 0. The van der Waals surface area contributed by atoms with Crippen LogP contribution in [0.25, 0.3) is 0 Å². The normalized spacial score (nSPS) is 7.58. The monoisotopic (exact) mass is 268 g/mol. The van der Waals surface area contributed by atoms with Crippen molar-refractivity contribution < 1.29 is 0 Å². The first kappa shape index (κ1) is 17.1. The van der Waals surface area contributed by atoms with E-state index in [-0.39, 0.29) is 9.90 Å². The molecular weight excluding hydrogens is 247 g/mol. The molecule has 0 saturated carbocycles. The second-order valence-electron chi connectivity index (χ2n) is 3.46. The first-order valence-corrected chi connectivity index (χ1v) is 6.00. The molecule has 19 heavy (non-hydrogen) atoms. The first-order chi connectivity index (χ1) is 9.00. The molecule has 0 heterocycles. The molecule has 0 nitrogen and oxygen atoms in total. The van der Waals surface area contributed by atoms with Crippen LogP contribution in [0.1, 0.15) is 0 Å². The minimum atomic E-state index is 0. The van der Waals surface area contributed by atoms with Gasteiger partial charge in [0.1, 0.15) is 0 Å². The van der Waals surface area contributed by atoms with Gasteiger partial charge in [-0.3, -0.25) is 0 Å². The minimum absolute atomic E-state index is 0. The van der Waals surface area contributed by atoms with Crippen molar-refractivity contribution in [3.8, 4) is 0 Å². The predicted molar refractivity (Wildman–Crippen MR) is 90.4 cm³/mol. The first-order valence-electron chi connectivity index (χ1n) is 6.00. The van der Waals surface area contributed by atoms with Crippen molar-refractivity contribution in [1.29, 1.82) is 0 Å². The fraction of sp³-hybridized carbons (Fsp3) is 0. The zero-order valence-corrected chi connectivity index (χ0v) is 12.5. The summed E-state index contributed by atoms with van der Waals surface area (Å²) >= 11 is 0. The Morgan fingerprint density at radius 3 is 0.263 bits per heavy atom. The molecule has 3 aromatic carbocycles. The van der Waals surface area contributed by atoms with Crippen molar-refractivity contribution in [1.82, 2.24) is 0 Å². The summed E-state index contributed by atoms with van der Waals surface area (Å²) in [5.41, 5.74) is 0. The lowest BCUT2D eigenvalue weighted by molar-refractivity contribution is 1.72. The SMILES string of the molecule is P.c1ccccc1.c1ccccc1.c1ccccc1. The summed E-state index contributed by atoms with van der Waals surface area (Å²) in [7, 11) is 0. The Morgan fingerprint density at radius 1 is 0.158 bits per heavy atom. The lowest BCUT2D eigenvalue weighted by Gasteiger charge is -1.69. The maximum Gasteiger partial charge on any atom is -0.0623 e. The summed E-state index contributed by atoms with van der Waals surface area (Å²) in [5, 5.41) is 0. The maximum atomic E-state index is 2.00. The molecule has 98 valence electrons. The van der Waals surface area contributed by atoms with Crippen LogP contribution in [0.15, 0.2) is 109 Å². The second kappa shape index (κ2) is 14.2. The smallest absolute Gasteiger partial charge is 0.0623 e. The zero-order chi connectivity index (χ0) is 12.7. The van der Waals surface area contributed by atoms with Crippen LogP contribution in [-0.2, 0) is 0 Å². The molecule has 0 aliphatic rings. The molecule has 1 heteroatoms. The highest BCUT2D eigenvalue weighted by Gasteiger charge is 1.59. The summed E-state index contributed by atoms with van der Waals surface area (Å²) in [6, 6.07) is 36.0. The van der Waals surface area contributed by atoms with E-state index in [4.69, 9.17) is 0 Å². The van der Waals surface area contributed by atoms with Crippen LogP contribution in [0.5, 0.6) is 0 Å². The highest BCUT2D eigenvalue weighted by atomic mass is 31.0. The Morgan fingerprint density at radius 2 is 0.211 bits per heavy atom. The van der Waals surface area contributed by atoms with E-state index in [1.165, 1.54) is 0 Å². The van der Waals surface area contributed by atoms with Gasteiger partial charge in [0.25, 0.3) is 0 Å².